The molecule has 0 radical (unpaired) electrons. The standard InChI is InChI=1S/C16H29N5O3/c1-5-21-14(12-19(2)3)17-18-15(21)13-6-8-20(9-7-13)16(22)24-11-10-23-4/h13H,5-12H2,1-4H3. The first-order chi connectivity index (χ1) is 11.6. The molecule has 0 aromatic carbocycles. The van der Waals surface area contributed by atoms with Gasteiger partial charge in [0, 0.05) is 32.7 Å². The maximum absolute atomic E-state index is 12.0. The van der Waals surface area contributed by atoms with Gasteiger partial charge < -0.3 is 23.8 Å². The van der Waals surface area contributed by atoms with Gasteiger partial charge in [0.25, 0.3) is 0 Å². The van der Waals surface area contributed by atoms with E-state index in [1.54, 1.807) is 12.0 Å². The molecule has 24 heavy (non-hydrogen) atoms. The first-order valence-electron chi connectivity index (χ1n) is 8.54. The van der Waals surface area contributed by atoms with Gasteiger partial charge in [-0.15, -0.1) is 10.2 Å². The lowest BCUT2D eigenvalue weighted by Crippen LogP contribution is -2.39. The summed E-state index contributed by atoms with van der Waals surface area (Å²) in [6.45, 7) is 5.88. The Morgan fingerprint density at radius 1 is 1.25 bits per heavy atom. The van der Waals surface area contributed by atoms with Gasteiger partial charge in [0.1, 0.15) is 18.3 Å². The third kappa shape index (κ3) is 4.67. The Hall–Kier alpha value is -1.67. The van der Waals surface area contributed by atoms with Crippen molar-refractivity contribution in [1.82, 2.24) is 24.6 Å². The lowest BCUT2D eigenvalue weighted by Gasteiger charge is -2.31. The highest BCUT2D eigenvalue weighted by Crippen LogP contribution is 2.27. The van der Waals surface area contributed by atoms with Crippen LogP contribution in [0.4, 0.5) is 4.79 Å². The average molecular weight is 339 g/mol. The van der Waals surface area contributed by atoms with Crippen molar-refractivity contribution in [2.75, 3.05) is 47.5 Å². The molecule has 1 aromatic heterocycles. The normalized spacial score (nSPS) is 16.0. The topological polar surface area (TPSA) is 72.7 Å². The van der Waals surface area contributed by atoms with Gasteiger partial charge in [-0.25, -0.2) is 4.79 Å². The molecular weight excluding hydrogens is 310 g/mol. The molecule has 2 heterocycles. The van der Waals surface area contributed by atoms with Gasteiger partial charge in [-0.2, -0.15) is 0 Å². The Morgan fingerprint density at radius 3 is 2.54 bits per heavy atom. The van der Waals surface area contributed by atoms with Crippen LogP contribution in [0.1, 0.15) is 37.3 Å². The predicted octanol–water partition coefficient (Wildman–Crippen LogP) is 1.32. The molecule has 2 rings (SSSR count). The predicted molar refractivity (Wildman–Crippen MR) is 89.9 cm³/mol. The molecule has 0 spiro atoms. The second-order valence-electron chi connectivity index (χ2n) is 6.32. The molecule has 0 atom stereocenters. The van der Waals surface area contributed by atoms with Crippen LogP contribution in [0.3, 0.4) is 0 Å². The highest BCUT2D eigenvalue weighted by molar-refractivity contribution is 5.67. The second-order valence-corrected chi connectivity index (χ2v) is 6.32. The Balaban J connectivity index is 1.92. The van der Waals surface area contributed by atoms with E-state index in [1.807, 2.05) is 14.1 Å². The van der Waals surface area contributed by atoms with Gasteiger partial charge in [-0.05, 0) is 33.9 Å². The number of ether oxygens (including phenoxy) is 2. The monoisotopic (exact) mass is 339 g/mol. The van der Waals surface area contributed by atoms with Gasteiger partial charge in [0.05, 0.1) is 13.2 Å². The smallest absolute Gasteiger partial charge is 0.409 e. The van der Waals surface area contributed by atoms with Crippen molar-refractivity contribution in [3.8, 4) is 0 Å². The summed E-state index contributed by atoms with van der Waals surface area (Å²) in [5.74, 6) is 2.39. The largest absolute Gasteiger partial charge is 0.447 e. The maximum Gasteiger partial charge on any atom is 0.409 e. The van der Waals surface area contributed by atoms with Gasteiger partial charge in [-0.3, -0.25) is 0 Å². The summed E-state index contributed by atoms with van der Waals surface area (Å²) in [4.78, 5) is 15.8. The molecule has 0 N–H and O–H groups in total. The molecule has 0 saturated carbocycles. The van der Waals surface area contributed by atoms with E-state index >= 15 is 0 Å². The number of nitrogens with zero attached hydrogens (tertiary/aromatic N) is 5. The van der Waals surface area contributed by atoms with Crippen molar-refractivity contribution in [3.63, 3.8) is 0 Å². The zero-order chi connectivity index (χ0) is 17.5. The van der Waals surface area contributed by atoms with Crippen LogP contribution in [-0.2, 0) is 22.6 Å². The third-order valence-corrected chi connectivity index (χ3v) is 4.26. The van der Waals surface area contributed by atoms with Crippen LogP contribution in [0.15, 0.2) is 0 Å². The first kappa shape index (κ1) is 18.7. The number of hydrogen-bond acceptors (Lipinski definition) is 6. The van der Waals surface area contributed by atoms with E-state index < -0.39 is 0 Å². The molecule has 0 bridgehead atoms. The number of carbonyl (C=O) groups excluding carboxylic acids is 1. The minimum absolute atomic E-state index is 0.254. The van der Waals surface area contributed by atoms with Crippen LogP contribution < -0.4 is 0 Å². The van der Waals surface area contributed by atoms with Crippen LogP contribution in [0.5, 0.6) is 0 Å². The van der Waals surface area contributed by atoms with E-state index in [0.717, 1.165) is 37.6 Å². The van der Waals surface area contributed by atoms with Crippen molar-refractivity contribution >= 4 is 6.09 Å². The molecule has 1 saturated heterocycles. The fourth-order valence-corrected chi connectivity index (χ4v) is 3.02. The number of carbonyl (C=O) groups is 1. The molecule has 1 aliphatic heterocycles. The summed E-state index contributed by atoms with van der Waals surface area (Å²) in [6.07, 6.45) is 1.52. The van der Waals surface area contributed by atoms with Crippen molar-refractivity contribution < 1.29 is 14.3 Å². The van der Waals surface area contributed by atoms with E-state index in [2.05, 4.69) is 26.6 Å². The lowest BCUT2D eigenvalue weighted by atomic mass is 9.96. The van der Waals surface area contributed by atoms with E-state index in [4.69, 9.17) is 9.47 Å². The van der Waals surface area contributed by atoms with E-state index in [0.29, 0.717) is 32.2 Å². The van der Waals surface area contributed by atoms with Crippen LogP contribution in [0.25, 0.3) is 0 Å². The van der Waals surface area contributed by atoms with Crippen molar-refractivity contribution in [2.45, 2.75) is 38.8 Å². The minimum atomic E-state index is -0.254. The van der Waals surface area contributed by atoms with Crippen molar-refractivity contribution in [2.24, 2.45) is 0 Å². The van der Waals surface area contributed by atoms with Crippen LogP contribution >= 0.6 is 0 Å². The summed E-state index contributed by atoms with van der Waals surface area (Å²) in [7, 11) is 5.65. The molecule has 1 aliphatic rings. The molecule has 0 aliphatic carbocycles. The summed E-state index contributed by atoms with van der Waals surface area (Å²) < 4.78 is 12.3. The van der Waals surface area contributed by atoms with Gasteiger partial charge in [0.2, 0.25) is 0 Å². The highest BCUT2D eigenvalue weighted by Gasteiger charge is 2.28. The summed E-state index contributed by atoms with van der Waals surface area (Å²) >= 11 is 0. The van der Waals surface area contributed by atoms with Crippen LogP contribution in [0.2, 0.25) is 0 Å². The quantitative estimate of drug-likeness (QED) is 0.698. The Bertz CT molecular complexity index is 524. The summed E-state index contributed by atoms with van der Waals surface area (Å²) in [5, 5.41) is 8.79. The lowest BCUT2D eigenvalue weighted by molar-refractivity contribution is 0.0655. The zero-order valence-electron chi connectivity index (χ0n) is 15.2. The number of likely N-dealkylation sites (tertiary alicyclic amines) is 1. The zero-order valence-corrected chi connectivity index (χ0v) is 15.2. The van der Waals surface area contributed by atoms with E-state index in [-0.39, 0.29) is 6.09 Å². The van der Waals surface area contributed by atoms with Gasteiger partial charge >= 0.3 is 6.09 Å². The van der Waals surface area contributed by atoms with Crippen LogP contribution in [-0.4, -0.2) is 78.2 Å². The molecule has 136 valence electrons. The Morgan fingerprint density at radius 2 is 1.96 bits per heavy atom. The molecular formula is C16H29N5O3. The van der Waals surface area contributed by atoms with Crippen molar-refractivity contribution in [1.29, 1.82) is 0 Å². The Kier molecular flexibility index (Phi) is 6.99. The second kappa shape index (κ2) is 8.98. The number of piperidine rings is 1. The first-order valence-corrected chi connectivity index (χ1v) is 8.54. The number of amides is 1. The maximum atomic E-state index is 12.0. The van der Waals surface area contributed by atoms with E-state index in [9.17, 15) is 4.79 Å². The number of rotatable bonds is 7. The molecule has 8 nitrogen and oxygen atoms in total. The van der Waals surface area contributed by atoms with Crippen LogP contribution in [0, 0.1) is 0 Å². The average Bonchev–Trinajstić information content (AvgIpc) is 2.97. The SMILES string of the molecule is CCn1c(CN(C)C)nnc1C1CCN(C(=O)OCCOC)CC1. The molecule has 8 heteroatoms. The minimum Gasteiger partial charge on any atom is -0.447 e. The highest BCUT2D eigenvalue weighted by atomic mass is 16.6. The van der Waals surface area contributed by atoms with Crippen molar-refractivity contribution in [3.05, 3.63) is 11.6 Å². The summed E-state index contributed by atoms with van der Waals surface area (Å²) in [6, 6.07) is 0. The molecule has 1 amide bonds. The number of methoxy groups -OCH3 is 1. The van der Waals surface area contributed by atoms with Gasteiger partial charge in [0.15, 0.2) is 0 Å². The molecule has 1 fully saturated rings. The number of hydrogen-bond donors (Lipinski definition) is 0. The molecule has 0 unspecified atom stereocenters. The number of aromatic nitrogens is 3. The molecule has 1 aromatic rings. The third-order valence-electron chi connectivity index (χ3n) is 4.26. The van der Waals surface area contributed by atoms with E-state index in [1.165, 1.54) is 0 Å². The Labute approximate surface area is 143 Å². The summed E-state index contributed by atoms with van der Waals surface area (Å²) in [5.41, 5.74) is 0. The van der Waals surface area contributed by atoms with Gasteiger partial charge in [-0.1, -0.05) is 0 Å². The fraction of sp³-hybridized carbons (Fsp3) is 0.812. The fourth-order valence-electron chi connectivity index (χ4n) is 3.02.